The molecule has 1 aliphatic heterocycles. The number of carbonyl (C=O) groups is 3. The summed E-state index contributed by atoms with van der Waals surface area (Å²) in [7, 11) is 0. The summed E-state index contributed by atoms with van der Waals surface area (Å²) in [5.74, 6) is -0.579. The highest BCUT2D eigenvalue weighted by Gasteiger charge is 2.25. The summed E-state index contributed by atoms with van der Waals surface area (Å²) >= 11 is 0. The average molecular weight is 298 g/mol. The summed E-state index contributed by atoms with van der Waals surface area (Å²) < 4.78 is 0. The van der Waals surface area contributed by atoms with Crippen molar-refractivity contribution >= 4 is 17.8 Å². The van der Waals surface area contributed by atoms with Crippen LogP contribution in [-0.2, 0) is 14.4 Å². The van der Waals surface area contributed by atoms with Crippen LogP contribution in [0.5, 0.6) is 0 Å². The van der Waals surface area contributed by atoms with Crippen LogP contribution in [0.25, 0.3) is 0 Å². The highest BCUT2D eigenvalue weighted by atomic mass is 16.4. The lowest BCUT2D eigenvalue weighted by Gasteiger charge is -2.32. The van der Waals surface area contributed by atoms with Crippen LogP contribution < -0.4 is 5.32 Å². The minimum atomic E-state index is -0.765. The molecule has 0 radical (unpaired) electrons. The number of nitrogens with zero attached hydrogens (tertiary/aromatic N) is 1. The van der Waals surface area contributed by atoms with Gasteiger partial charge in [0.25, 0.3) is 0 Å². The highest BCUT2D eigenvalue weighted by molar-refractivity contribution is 5.87. The largest absolute Gasteiger partial charge is 0.481 e. The quantitative estimate of drug-likeness (QED) is 0.800. The van der Waals surface area contributed by atoms with Gasteiger partial charge in [0.2, 0.25) is 11.8 Å². The molecule has 0 aromatic rings. The summed E-state index contributed by atoms with van der Waals surface area (Å²) in [6, 6.07) is 0. The van der Waals surface area contributed by atoms with Gasteiger partial charge in [-0.15, -0.1) is 0 Å². The number of piperidine rings is 1. The summed E-state index contributed by atoms with van der Waals surface area (Å²) in [5, 5.41) is 11.3. The molecule has 0 atom stereocenters. The molecule has 2 N–H and O–H groups in total. The lowest BCUT2D eigenvalue weighted by atomic mass is 9.92. The van der Waals surface area contributed by atoms with E-state index in [1.165, 1.54) is 0 Å². The molecule has 6 heteroatoms. The number of likely N-dealkylation sites (tertiary alicyclic amines) is 1. The van der Waals surface area contributed by atoms with Gasteiger partial charge >= 0.3 is 5.97 Å². The third-order valence-electron chi connectivity index (χ3n) is 3.82. The molecule has 1 saturated heterocycles. The van der Waals surface area contributed by atoms with Crippen LogP contribution in [0.15, 0.2) is 0 Å². The van der Waals surface area contributed by atoms with E-state index in [1.54, 1.807) is 25.7 Å². The third kappa shape index (κ3) is 6.14. The lowest BCUT2D eigenvalue weighted by Crippen LogP contribution is -2.46. The van der Waals surface area contributed by atoms with Crippen molar-refractivity contribution in [2.24, 2.45) is 11.3 Å². The van der Waals surface area contributed by atoms with Gasteiger partial charge in [-0.1, -0.05) is 20.8 Å². The Morgan fingerprint density at radius 3 is 2.24 bits per heavy atom. The second-order valence-corrected chi connectivity index (χ2v) is 6.69. The molecule has 1 aliphatic rings. The van der Waals surface area contributed by atoms with Crippen LogP contribution in [0.3, 0.4) is 0 Å². The fourth-order valence-corrected chi connectivity index (χ4v) is 2.33. The van der Waals surface area contributed by atoms with E-state index in [0.717, 1.165) is 12.8 Å². The van der Waals surface area contributed by atoms with Crippen LogP contribution in [0.4, 0.5) is 0 Å². The van der Waals surface area contributed by atoms with Gasteiger partial charge in [0.05, 0.1) is 6.54 Å². The molecule has 0 aliphatic carbocycles. The van der Waals surface area contributed by atoms with Crippen LogP contribution >= 0.6 is 0 Å². The molecule has 1 rings (SSSR count). The Labute approximate surface area is 125 Å². The maximum absolute atomic E-state index is 12.0. The van der Waals surface area contributed by atoms with Crippen molar-refractivity contribution in [1.29, 1.82) is 0 Å². The zero-order chi connectivity index (χ0) is 16.0. The first-order chi connectivity index (χ1) is 9.70. The molecule has 0 spiro atoms. The number of carbonyl (C=O) groups excluding carboxylic acids is 2. The maximum Gasteiger partial charge on any atom is 0.303 e. The van der Waals surface area contributed by atoms with E-state index in [1.807, 2.05) is 0 Å². The van der Waals surface area contributed by atoms with Crippen molar-refractivity contribution in [2.75, 3.05) is 19.6 Å². The molecule has 0 aromatic heterocycles. The van der Waals surface area contributed by atoms with E-state index in [4.69, 9.17) is 5.11 Å². The molecule has 120 valence electrons. The predicted molar refractivity (Wildman–Crippen MR) is 78.6 cm³/mol. The molecular formula is C15H26N2O4. The second-order valence-electron chi connectivity index (χ2n) is 6.69. The Balaban J connectivity index is 2.29. The van der Waals surface area contributed by atoms with Crippen LogP contribution in [0.2, 0.25) is 0 Å². The van der Waals surface area contributed by atoms with E-state index >= 15 is 0 Å². The van der Waals surface area contributed by atoms with E-state index in [2.05, 4.69) is 5.32 Å². The Morgan fingerprint density at radius 2 is 1.76 bits per heavy atom. The number of nitrogens with one attached hydrogen (secondary N) is 1. The minimum absolute atomic E-state index is 0.0376. The maximum atomic E-state index is 12.0. The fraction of sp³-hybridized carbons (Fsp3) is 0.800. The minimum Gasteiger partial charge on any atom is -0.481 e. The Kier molecular flexibility index (Phi) is 6.18. The Bertz CT molecular complexity index is 393. The first-order valence-corrected chi connectivity index (χ1v) is 7.48. The van der Waals surface area contributed by atoms with Crippen LogP contribution in [-0.4, -0.2) is 47.4 Å². The summed E-state index contributed by atoms with van der Waals surface area (Å²) in [5.41, 5.74) is -0.496. The molecule has 0 bridgehead atoms. The van der Waals surface area contributed by atoms with Crippen molar-refractivity contribution in [3.05, 3.63) is 0 Å². The van der Waals surface area contributed by atoms with Gasteiger partial charge < -0.3 is 15.3 Å². The lowest BCUT2D eigenvalue weighted by molar-refractivity contribution is -0.138. The van der Waals surface area contributed by atoms with E-state index in [9.17, 15) is 14.4 Å². The van der Waals surface area contributed by atoms with Crippen LogP contribution in [0.1, 0.15) is 46.5 Å². The normalized spacial score (nSPS) is 16.6. The zero-order valence-electron chi connectivity index (χ0n) is 13.1. The first kappa shape index (κ1) is 17.5. The SMILES string of the molecule is CC(C)(C)C(=O)NCC(=O)N1CCC(CCC(=O)O)CC1. The predicted octanol–water partition coefficient (Wildman–Crippen LogP) is 1.25. The van der Waals surface area contributed by atoms with Gasteiger partial charge in [-0.05, 0) is 25.2 Å². The highest BCUT2D eigenvalue weighted by Crippen LogP contribution is 2.21. The van der Waals surface area contributed by atoms with Gasteiger partial charge in [-0.2, -0.15) is 0 Å². The molecule has 0 unspecified atom stereocenters. The molecule has 2 amide bonds. The zero-order valence-corrected chi connectivity index (χ0v) is 13.1. The number of amides is 2. The summed E-state index contributed by atoms with van der Waals surface area (Å²) in [6.07, 6.45) is 2.55. The third-order valence-corrected chi connectivity index (χ3v) is 3.82. The molecular weight excluding hydrogens is 272 g/mol. The van der Waals surface area contributed by atoms with E-state index in [-0.39, 0.29) is 24.8 Å². The van der Waals surface area contributed by atoms with Crippen molar-refractivity contribution in [3.8, 4) is 0 Å². The average Bonchev–Trinajstić information content (AvgIpc) is 2.41. The molecule has 1 fully saturated rings. The van der Waals surface area contributed by atoms with Crippen molar-refractivity contribution in [3.63, 3.8) is 0 Å². The standard InChI is InChI=1S/C15H26N2O4/c1-15(2,3)14(21)16-10-12(18)17-8-6-11(7-9-17)4-5-13(19)20/h11H,4-10H2,1-3H3,(H,16,21)(H,19,20). The van der Waals surface area contributed by atoms with Crippen molar-refractivity contribution in [2.45, 2.75) is 46.5 Å². The number of aliphatic carboxylic acids is 1. The van der Waals surface area contributed by atoms with Crippen LogP contribution in [0, 0.1) is 11.3 Å². The summed E-state index contributed by atoms with van der Waals surface area (Å²) in [6.45, 7) is 6.75. The molecule has 1 heterocycles. The monoisotopic (exact) mass is 298 g/mol. The summed E-state index contributed by atoms with van der Waals surface area (Å²) in [4.78, 5) is 36.0. The van der Waals surface area contributed by atoms with Gasteiger partial charge in [-0.3, -0.25) is 14.4 Å². The fourth-order valence-electron chi connectivity index (χ4n) is 2.33. The van der Waals surface area contributed by atoms with Gasteiger partial charge in [0.15, 0.2) is 0 Å². The molecule has 6 nitrogen and oxygen atoms in total. The first-order valence-electron chi connectivity index (χ1n) is 7.48. The number of carboxylic acids is 1. The number of hydrogen-bond donors (Lipinski definition) is 2. The van der Waals surface area contributed by atoms with Gasteiger partial charge in [0.1, 0.15) is 0 Å². The molecule has 0 aromatic carbocycles. The number of hydrogen-bond acceptors (Lipinski definition) is 3. The number of carboxylic acid groups (broad SMARTS) is 1. The van der Waals surface area contributed by atoms with Crippen molar-refractivity contribution in [1.82, 2.24) is 10.2 Å². The van der Waals surface area contributed by atoms with Gasteiger partial charge in [-0.25, -0.2) is 0 Å². The smallest absolute Gasteiger partial charge is 0.303 e. The molecule has 21 heavy (non-hydrogen) atoms. The second kappa shape index (κ2) is 7.43. The van der Waals surface area contributed by atoms with E-state index < -0.39 is 11.4 Å². The topological polar surface area (TPSA) is 86.7 Å². The Morgan fingerprint density at radius 1 is 1.19 bits per heavy atom. The molecule has 0 saturated carbocycles. The van der Waals surface area contributed by atoms with E-state index in [0.29, 0.717) is 25.4 Å². The van der Waals surface area contributed by atoms with Crippen molar-refractivity contribution < 1.29 is 19.5 Å². The number of rotatable bonds is 5. The Hall–Kier alpha value is -1.59. The van der Waals surface area contributed by atoms with Gasteiger partial charge in [0, 0.05) is 24.9 Å².